The molecule has 0 atom stereocenters. The van der Waals surface area contributed by atoms with Crippen molar-refractivity contribution in [1.82, 2.24) is 15.0 Å². The van der Waals surface area contributed by atoms with Gasteiger partial charge in [0.15, 0.2) is 0 Å². The van der Waals surface area contributed by atoms with Crippen LogP contribution in [0.15, 0.2) is 72.8 Å². The van der Waals surface area contributed by atoms with E-state index >= 15 is 0 Å². The normalized spacial score (nSPS) is 12.3. The number of hydrogen-bond donors (Lipinski definition) is 1. The van der Waals surface area contributed by atoms with Crippen LogP contribution >= 0.6 is 11.3 Å². The summed E-state index contributed by atoms with van der Waals surface area (Å²) in [5, 5.41) is 4.82. The van der Waals surface area contributed by atoms with Gasteiger partial charge in [0.2, 0.25) is 0 Å². The van der Waals surface area contributed by atoms with Gasteiger partial charge in [-0.05, 0) is 24.3 Å². The minimum absolute atomic E-state index is 0.931. The number of para-hydroxylation sites is 3. The molecule has 1 N–H and O–H groups in total. The van der Waals surface area contributed by atoms with E-state index in [9.17, 15) is 0 Å². The first kappa shape index (κ1) is 14.5. The Morgan fingerprint density at radius 2 is 1.29 bits per heavy atom. The summed E-state index contributed by atoms with van der Waals surface area (Å²) >= 11 is 1.83. The molecule has 3 heterocycles. The Morgan fingerprint density at radius 3 is 2.11 bits per heavy atom. The van der Waals surface area contributed by atoms with Gasteiger partial charge in [-0.1, -0.05) is 48.5 Å². The molecule has 4 aromatic carbocycles. The van der Waals surface area contributed by atoms with Gasteiger partial charge in [0.05, 0.1) is 26.8 Å². The number of H-pyrrole nitrogens is 1. The maximum atomic E-state index is 5.09. The Hall–Kier alpha value is -3.50. The van der Waals surface area contributed by atoms with Gasteiger partial charge in [-0.15, -0.1) is 11.3 Å². The third-order valence-electron chi connectivity index (χ3n) is 5.57. The quantitative estimate of drug-likeness (QED) is 0.297. The van der Waals surface area contributed by atoms with Crippen molar-refractivity contribution in [2.24, 2.45) is 0 Å². The minimum Gasteiger partial charge on any atom is -0.353 e. The Labute approximate surface area is 163 Å². The molecule has 0 fully saturated rings. The molecule has 4 heteroatoms. The van der Waals surface area contributed by atoms with E-state index in [1.165, 1.54) is 30.9 Å². The van der Waals surface area contributed by atoms with Crippen molar-refractivity contribution in [3.05, 3.63) is 72.8 Å². The molecule has 0 spiro atoms. The van der Waals surface area contributed by atoms with Crippen molar-refractivity contribution < 1.29 is 0 Å². The highest BCUT2D eigenvalue weighted by Gasteiger charge is 2.19. The first-order chi connectivity index (χ1) is 13.9. The topological polar surface area (TPSA) is 41.6 Å². The first-order valence-corrected chi connectivity index (χ1v) is 10.1. The van der Waals surface area contributed by atoms with Crippen molar-refractivity contribution in [2.75, 3.05) is 0 Å². The zero-order valence-corrected chi connectivity index (χ0v) is 15.5. The zero-order valence-electron chi connectivity index (χ0n) is 14.7. The van der Waals surface area contributed by atoms with Crippen LogP contribution in [0.1, 0.15) is 0 Å². The maximum Gasteiger partial charge on any atom is 0.100 e. The van der Waals surface area contributed by atoms with Crippen LogP contribution < -0.4 is 0 Å². The average molecular weight is 375 g/mol. The molecule has 7 rings (SSSR count). The summed E-state index contributed by atoms with van der Waals surface area (Å²) in [4.78, 5) is 13.8. The summed E-state index contributed by atoms with van der Waals surface area (Å²) in [5.41, 5.74) is 6.13. The van der Waals surface area contributed by atoms with Gasteiger partial charge >= 0.3 is 0 Å². The fourth-order valence-corrected chi connectivity index (χ4v) is 5.57. The lowest BCUT2D eigenvalue weighted by Gasteiger charge is -2.05. The molecule has 130 valence electrons. The third-order valence-corrected chi connectivity index (χ3v) is 6.76. The predicted octanol–water partition coefficient (Wildman–Crippen LogP) is 6.79. The molecule has 0 aliphatic carbocycles. The van der Waals surface area contributed by atoms with Crippen LogP contribution in [-0.4, -0.2) is 15.0 Å². The highest BCUT2D eigenvalue weighted by molar-refractivity contribution is 7.26. The van der Waals surface area contributed by atoms with E-state index in [0.717, 1.165) is 33.1 Å². The fourth-order valence-electron chi connectivity index (χ4n) is 4.36. The standard InChI is InChI=1S/C24H13N3S/c1-3-9-15-13(7-1)19-21-22(27-17-11-5-4-10-16(17)26-21)20-14-8-2-6-12-18(14)28-24(20)23(19)25-15/h1-12,25H. The molecule has 3 nitrogen and oxygen atoms in total. The number of nitrogens with one attached hydrogen (secondary N) is 1. The molecular formula is C24H13N3S. The van der Waals surface area contributed by atoms with Crippen LogP contribution in [0.5, 0.6) is 0 Å². The zero-order chi connectivity index (χ0) is 18.2. The summed E-state index contributed by atoms with van der Waals surface area (Å²) in [6, 6.07) is 25.2. The van der Waals surface area contributed by atoms with Gasteiger partial charge < -0.3 is 4.98 Å². The van der Waals surface area contributed by atoms with Gasteiger partial charge in [-0.25, -0.2) is 9.97 Å². The Morgan fingerprint density at radius 1 is 0.643 bits per heavy atom. The van der Waals surface area contributed by atoms with E-state index in [1.807, 2.05) is 35.6 Å². The number of hydrogen-bond acceptors (Lipinski definition) is 3. The summed E-state index contributed by atoms with van der Waals surface area (Å²) in [5.74, 6) is 0. The lowest BCUT2D eigenvalue weighted by atomic mass is 10.1. The Bertz CT molecular complexity index is 1590. The molecule has 0 saturated carbocycles. The summed E-state index contributed by atoms with van der Waals surface area (Å²) in [6.07, 6.45) is 0. The molecule has 3 aromatic heterocycles. The van der Waals surface area contributed by atoms with Crippen molar-refractivity contribution >= 4 is 75.4 Å². The third kappa shape index (κ3) is 1.73. The smallest absolute Gasteiger partial charge is 0.100 e. The SMILES string of the molecule is c1ccc2nc3c(nc2c1)c1c2ccccc2[nH]c1c1sc2ccccc2c31. The molecule has 0 radical (unpaired) electrons. The van der Waals surface area contributed by atoms with Gasteiger partial charge in [-0.2, -0.15) is 0 Å². The van der Waals surface area contributed by atoms with Gasteiger partial charge in [0, 0.05) is 31.8 Å². The van der Waals surface area contributed by atoms with Gasteiger partial charge in [-0.3, -0.25) is 0 Å². The molecule has 0 aliphatic heterocycles. The minimum atomic E-state index is 0.931. The second kappa shape index (κ2) is 5.06. The van der Waals surface area contributed by atoms with Crippen LogP contribution in [-0.2, 0) is 0 Å². The van der Waals surface area contributed by atoms with E-state index in [4.69, 9.17) is 9.97 Å². The number of benzene rings is 4. The fraction of sp³-hybridized carbons (Fsp3) is 0. The van der Waals surface area contributed by atoms with E-state index in [2.05, 4.69) is 53.5 Å². The summed E-state index contributed by atoms with van der Waals surface area (Å²) in [7, 11) is 0. The van der Waals surface area contributed by atoms with E-state index in [-0.39, 0.29) is 0 Å². The van der Waals surface area contributed by atoms with Gasteiger partial charge in [0.25, 0.3) is 0 Å². The monoisotopic (exact) mass is 375 g/mol. The van der Waals surface area contributed by atoms with Crippen molar-refractivity contribution in [1.29, 1.82) is 0 Å². The predicted molar refractivity (Wildman–Crippen MR) is 119 cm³/mol. The number of rotatable bonds is 0. The van der Waals surface area contributed by atoms with E-state index in [1.54, 1.807) is 0 Å². The number of aromatic nitrogens is 3. The molecule has 0 unspecified atom stereocenters. The molecule has 7 aromatic rings. The van der Waals surface area contributed by atoms with Crippen LogP contribution in [0.3, 0.4) is 0 Å². The van der Waals surface area contributed by atoms with Gasteiger partial charge in [0.1, 0.15) is 5.52 Å². The van der Waals surface area contributed by atoms with Crippen LogP contribution in [0.4, 0.5) is 0 Å². The lowest BCUT2D eigenvalue weighted by Crippen LogP contribution is -1.89. The molecule has 0 amide bonds. The summed E-state index contributed by atoms with van der Waals surface area (Å²) < 4.78 is 2.53. The second-order valence-corrected chi connectivity index (χ2v) is 8.18. The molecular weight excluding hydrogens is 362 g/mol. The van der Waals surface area contributed by atoms with E-state index in [0.29, 0.717) is 0 Å². The summed E-state index contributed by atoms with van der Waals surface area (Å²) in [6.45, 7) is 0. The lowest BCUT2D eigenvalue weighted by molar-refractivity contribution is 1.42. The first-order valence-electron chi connectivity index (χ1n) is 9.28. The molecule has 28 heavy (non-hydrogen) atoms. The van der Waals surface area contributed by atoms with Crippen molar-refractivity contribution in [3.63, 3.8) is 0 Å². The number of aromatic amines is 1. The highest BCUT2D eigenvalue weighted by atomic mass is 32.1. The average Bonchev–Trinajstić information content (AvgIpc) is 3.32. The Balaban J connectivity index is 1.91. The Kier molecular flexibility index (Phi) is 2.63. The van der Waals surface area contributed by atoms with Crippen LogP contribution in [0.25, 0.3) is 64.0 Å². The van der Waals surface area contributed by atoms with Crippen molar-refractivity contribution in [3.8, 4) is 0 Å². The number of nitrogens with zero attached hydrogens (tertiary/aromatic N) is 2. The van der Waals surface area contributed by atoms with E-state index < -0.39 is 0 Å². The van der Waals surface area contributed by atoms with Crippen molar-refractivity contribution in [2.45, 2.75) is 0 Å². The maximum absolute atomic E-state index is 5.09. The molecule has 0 aliphatic rings. The number of fused-ring (bicyclic) bond motifs is 11. The number of thiophene rings is 1. The largest absolute Gasteiger partial charge is 0.353 e. The van der Waals surface area contributed by atoms with Crippen LogP contribution in [0, 0.1) is 0 Å². The molecule has 0 saturated heterocycles. The molecule has 0 bridgehead atoms. The second-order valence-electron chi connectivity index (χ2n) is 7.13. The highest BCUT2D eigenvalue weighted by Crippen LogP contribution is 2.44. The van der Waals surface area contributed by atoms with Crippen LogP contribution in [0.2, 0.25) is 0 Å².